The van der Waals surface area contributed by atoms with Crippen LogP contribution < -0.4 is 5.32 Å². The maximum absolute atomic E-state index is 12.9. The summed E-state index contributed by atoms with van der Waals surface area (Å²) in [6.07, 6.45) is 1.58. The van der Waals surface area contributed by atoms with Crippen molar-refractivity contribution in [1.82, 2.24) is 5.32 Å². The van der Waals surface area contributed by atoms with Crippen LogP contribution in [-0.4, -0.2) is 24.2 Å². The van der Waals surface area contributed by atoms with Gasteiger partial charge < -0.3 is 10.4 Å². The van der Waals surface area contributed by atoms with E-state index in [1.807, 2.05) is 0 Å². The van der Waals surface area contributed by atoms with Crippen LogP contribution in [0, 0.1) is 17.7 Å². The predicted octanol–water partition coefficient (Wildman–Crippen LogP) is 3.25. The maximum Gasteiger partial charge on any atom is 0.252 e. The molecule has 1 unspecified atom stereocenters. The molecule has 2 N–H and O–H groups in total. The molecule has 3 nitrogen and oxygen atoms in total. The molecule has 0 aromatic heterocycles. The van der Waals surface area contributed by atoms with Gasteiger partial charge in [-0.3, -0.25) is 4.79 Å². The van der Waals surface area contributed by atoms with Gasteiger partial charge in [-0.2, -0.15) is 0 Å². The molecule has 112 valence electrons. The molecular weight excluding hydrogens is 281 g/mol. The molecule has 1 aromatic rings. The van der Waals surface area contributed by atoms with Gasteiger partial charge in [-0.1, -0.05) is 25.4 Å². The van der Waals surface area contributed by atoms with E-state index >= 15 is 0 Å². The van der Waals surface area contributed by atoms with Gasteiger partial charge in [-0.25, -0.2) is 4.39 Å². The van der Waals surface area contributed by atoms with E-state index < -0.39 is 5.82 Å². The number of hydrogen-bond acceptors (Lipinski definition) is 2. The third-order valence-corrected chi connectivity index (χ3v) is 3.38. The average molecular weight is 302 g/mol. The molecule has 0 radical (unpaired) electrons. The molecule has 1 amide bonds. The summed E-state index contributed by atoms with van der Waals surface area (Å²) in [7, 11) is 0. The minimum Gasteiger partial charge on any atom is -0.396 e. The second-order valence-corrected chi connectivity index (χ2v) is 5.75. The van der Waals surface area contributed by atoms with Crippen LogP contribution in [-0.2, 0) is 0 Å². The SMILES string of the molecule is CC(C)CC(CCO)CNC(=O)c1ccc(F)cc1Cl. The molecule has 0 heterocycles. The van der Waals surface area contributed by atoms with E-state index in [2.05, 4.69) is 19.2 Å². The van der Waals surface area contributed by atoms with Crippen molar-refractivity contribution in [3.8, 4) is 0 Å². The third kappa shape index (κ3) is 5.47. The van der Waals surface area contributed by atoms with E-state index in [0.29, 0.717) is 18.9 Å². The number of hydrogen-bond donors (Lipinski definition) is 2. The summed E-state index contributed by atoms with van der Waals surface area (Å²) in [5.41, 5.74) is 0.264. The first kappa shape index (κ1) is 16.9. The van der Waals surface area contributed by atoms with Crippen molar-refractivity contribution in [1.29, 1.82) is 0 Å². The fraction of sp³-hybridized carbons (Fsp3) is 0.533. The number of nitrogens with one attached hydrogen (secondary N) is 1. The van der Waals surface area contributed by atoms with Gasteiger partial charge in [0.2, 0.25) is 0 Å². The molecule has 0 saturated heterocycles. The van der Waals surface area contributed by atoms with Gasteiger partial charge in [0.25, 0.3) is 5.91 Å². The molecule has 1 atom stereocenters. The van der Waals surface area contributed by atoms with Crippen molar-refractivity contribution in [2.45, 2.75) is 26.7 Å². The summed E-state index contributed by atoms with van der Waals surface area (Å²) in [4.78, 5) is 12.0. The molecule has 0 aliphatic heterocycles. The summed E-state index contributed by atoms with van der Waals surface area (Å²) in [5, 5.41) is 11.9. The van der Waals surface area contributed by atoms with Crippen LogP contribution in [0.3, 0.4) is 0 Å². The Morgan fingerprint density at radius 2 is 2.15 bits per heavy atom. The molecular formula is C15H21ClFNO2. The fourth-order valence-electron chi connectivity index (χ4n) is 2.16. The zero-order chi connectivity index (χ0) is 15.1. The Labute approximate surface area is 124 Å². The van der Waals surface area contributed by atoms with Crippen LogP contribution in [0.4, 0.5) is 4.39 Å². The lowest BCUT2D eigenvalue weighted by Crippen LogP contribution is -2.30. The van der Waals surface area contributed by atoms with E-state index in [1.54, 1.807) is 0 Å². The number of carbonyl (C=O) groups is 1. The number of halogens is 2. The van der Waals surface area contributed by atoms with Gasteiger partial charge in [0.1, 0.15) is 5.82 Å². The van der Waals surface area contributed by atoms with E-state index in [1.165, 1.54) is 12.1 Å². The normalized spacial score (nSPS) is 12.5. The highest BCUT2D eigenvalue weighted by molar-refractivity contribution is 6.33. The standard InChI is InChI=1S/C15H21ClFNO2/c1-10(2)7-11(5-6-19)9-18-15(20)13-4-3-12(17)8-14(13)16/h3-4,8,10-11,19H,5-7,9H2,1-2H3,(H,18,20). The van der Waals surface area contributed by atoms with Crippen molar-refractivity contribution in [2.75, 3.05) is 13.2 Å². The lowest BCUT2D eigenvalue weighted by molar-refractivity contribution is 0.0941. The summed E-state index contributed by atoms with van der Waals surface area (Å²) < 4.78 is 12.9. The van der Waals surface area contributed by atoms with Crippen molar-refractivity contribution in [2.24, 2.45) is 11.8 Å². The highest BCUT2D eigenvalue weighted by Crippen LogP contribution is 2.18. The molecule has 0 aliphatic carbocycles. The molecule has 1 rings (SSSR count). The number of rotatable bonds is 7. The van der Waals surface area contributed by atoms with Gasteiger partial charge in [-0.15, -0.1) is 0 Å². The van der Waals surface area contributed by atoms with Crippen LogP contribution in [0.5, 0.6) is 0 Å². The van der Waals surface area contributed by atoms with Crippen LogP contribution in [0.15, 0.2) is 18.2 Å². The average Bonchev–Trinajstić information content (AvgIpc) is 2.35. The second-order valence-electron chi connectivity index (χ2n) is 5.34. The molecule has 1 aromatic carbocycles. The van der Waals surface area contributed by atoms with Gasteiger partial charge in [0.15, 0.2) is 0 Å². The number of carbonyl (C=O) groups excluding carboxylic acids is 1. The molecule has 0 aliphatic rings. The minimum absolute atomic E-state index is 0.102. The number of benzene rings is 1. The van der Waals surface area contributed by atoms with E-state index in [4.69, 9.17) is 16.7 Å². The minimum atomic E-state index is -0.468. The Balaban J connectivity index is 2.60. The van der Waals surface area contributed by atoms with Crippen LogP contribution in [0.25, 0.3) is 0 Å². The van der Waals surface area contributed by atoms with Gasteiger partial charge in [0.05, 0.1) is 10.6 Å². The highest BCUT2D eigenvalue weighted by atomic mass is 35.5. The second kappa shape index (κ2) is 8.22. The van der Waals surface area contributed by atoms with Crippen molar-refractivity contribution >= 4 is 17.5 Å². The molecule has 0 bridgehead atoms. The molecule has 0 saturated carbocycles. The number of amides is 1. The van der Waals surface area contributed by atoms with E-state index in [0.717, 1.165) is 12.5 Å². The van der Waals surface area contributed by atoms with Crippen molar-refractivity contribution in [3.05, 3.63) is 34.6 Å². The summed E-state index contributed by atoms with van der Waals surface area (Å²) in [6.45, 7) is 4.78. The monoisotopic (exact) mass is 301 g/mol. The summed E-state index contributed by atoms with van der Waals surface area (Å²) in [6, 6.07) is 3.70. The maximum atomic E-state index is 12.9. The molecule has 0 fully saturated rings. The quantitative estimate of drug-likeness (QED) is 0.812. The lowest BCUT2D eigenvalue weighted by atomic mass is 9.94. The van der Waals surface area contributed by atoms with Gasteiger partial charge in [-0.05, 0) is 42.9 Å². The first-order valence-electron chi connectivity index (χ1n) is 6.78. The van der Waals surface area contributed by atoms with Crippen LogP contribution in [0.1, 0.15) is 37.0 Å². The Morgan fingerprint density at radius 3 is 2.70 bits per heavy atom. The first-order chi connectivity index (χ1) is 9.43. The van der Waals surface area contributed by atoms with E-state index in [9.17, 15) is 9.18 Å². The fourth-order valence-corrected chi connectivity index (χ4v) is 2.41. The van der Waals surface area contributed by atoms with Gasteiger partial charge >= 0.3 is 0 Å². The molecule has 5 heteroatoms. The zero-order valence-corrected chi connectivity index (χ0v) is 12.6. The third-order valence-electron chi connectivity index (χ3n) is 3.07. The first-order valence-corrected chi connectivity index (χ1v) is 7.16. The van der Waals surface area contributed by atoms with Crippen molar-refractivity contribution in [3.63, 3.8) is 0 Å². The zero-order valence-electron chi connectivity index (χ0n) is 11.8. The summed E-state index contributed by atoms with van der Waals surface area (Å²) in [5.74, 6) is -0.0627. The van der Waals surface area contributed by atoms with Crippen molar-refractivity contribution < 1.29 is 14.3 Å². The largest absolute Gasteiger partial charge is 0.396 e. The highest BCUT2D eigenvalue weighted by Gasteiger charge is 2.15. The Bertz CT molecular complexity index is 451. The van der Waals surface area contributed by atoms with Gasteiger partial charge in [0, 0.05) is 13.2 Å². The smallest absolute Gasteiger partial charge is 0.252 e. The van der Waals surface area contributed by atoms with Crippen LogP contribution in [0.2, 0.25) is 5.02 Å². The number of aliphatic hydroxyl groups is 1. The topological polar surface area (TPSA) is 49.3 Å². The molecule has 20 heavy (non-hydrogen) atoms. The Hall–Kier alpha value is -1.13. The van der Waals surface area contributed by atoms with E-state index in [-0.39, 0.29) is 29.0 Å². The number of aliphatic hydroxyl groups excluding tert-OH is 1. The summed E-state index contributed by atoms with van der Waals surface area (Å²) >= 11 is 5.84. The predicted molar refractivity (Wildman–Crippen MR) is 78.4 cm³/mol. The Morgan fingerprint density at radius 1 is 1.45 bits per heavy atom. The Kier molecular flexibility index (Phi) is 6.96. The van der Waals surface area contributed by atoms with Crippen LogP contribution >= 0.6 is 11.6 Å². The lowest BCUT2D eigenvalue weighted by Gasteiger charge is -2.18. The molecule has 0 spiro atoms.